The first-order valence-corrected chi connectivity index (χ1v) is 8.83. The van der Waals surface area contributed by atoms with Gasteiger partial charge in [-0.1, -0.05) is 18.2 Å². The fraction of sp³-hybridized carbons (Fsp3) is 0.211. The summed E-state index contributed by atoms with van der Waals surface area (Å²) in [6.45, 7) is 2.05. The van der Waals surface area contributed by atoms with Crippen molar-refractivity contribution >= 4 is 33.5 Å². The Morgan fingerprint density at radius 1 is 0.792 bits per heavy atom. The molecule has 3 rings (SSSR count). The lowest BCUT2D eigenvalue weighted by molar-refractivity contribution is 0.0767. The summed E-state index contributed by atoms with van der Waals surface area (Å²) in [5.41, 5.74) is 0.877. The van der Waals surface area contributed by atoms with Crippen molar-refractivity contribution in [2.45, 2.75) is 0 Å². The van der Waals surface area contributed by atoms with Gasteiger partial charge in [0.05, 0.1) is 13.2 Å². The van der Waals surface area contributed by atoms with E-state index < -0.39 is 0 Å². The van der Waals surface area contributed by atoms with E-state index >= 15 is 0 Å². The standard InChI is InChI=1S/C19H18INO3/c20-16-6-8-17(9-7-16)23-13-11-22-12-14-24-18-5-1-3-15-4-2-10-21-19(15)18/h1-10H,11-14H2. The zero-order valence-corrected chi connectivity index (χ0v) is 15.3. The van der Waals surface area contributed by atoms with Crippen LogP contribution in [-0.2, 0) is 4.74 Å². The maximum atomic E-state index is 5.77. The fourth-order valence-corrected chi connectivity index (χ4v) is 2.61. The van der Waals surface area contributed by atoms with Crippen LogP contribution in [0.5, 0.6) is 11.5 Å². The average molecular weight is 435 g/mol. The van der Waals surface area contributed by atoms with Gasteiger partial charge in [-0.2, -0.15) is 0 Å². The van der Waals surface area contributed by atoms with Crippen molar-refractivity contribution in [3.05, 3.63) is 64.4 Å². The van der Waals surface area contributed by atoms with Crippen LogP contribution in [0.15, 0.2) is 60.8 Å². The summed E-state index contributed by atoms with van der Waals surface area (Å²) >= 11 is 2.27. The lowest BCUT2D eigenvalue weighted by Gasteiger charge is -2.10. The molecule has 0 amide bonds. The minimum atomic E-state index is 0.485. The van der Waals surface area contributed by atoms with Crippen molar-refractivity contribution in [2.24, 2.45) is 0 Å². The maximum absolute atomic E-state index is 5.77. The molecule has 0 fully saturated rings. The highest BCUT2D eigenvalue weighted by Crippen LogP contribution is 2.22. The molecule has 0 atom stereocenters. The Bertz CT molecular complexity index is 772. The second kappa shape index (κ2) is 8.84. The summed E-state index contributed by atoms with van der Waals surface area (Å²) in [7, 11) is 0. The van der Waals surface area contributed by atoms with Crippen molar-refractivity contribution in [1.29, 1.82) is 0 Å². The average Bonchev–Trinajstić information content (AvgIpc) is 2.62. The first kappa shape index (κ1) is 17.0. The lowest BCUT2D eigenvalue weighted by atomic mass is 10.2. The Morgan fingerprint density at radius 2 is 1.54 bits per heavy atom. The molecule has 0 aliphatic heterocycles. The van der Waals surface area contributed by atoms with E-state index in [9.17, 15) is 0 Å². The number of pyridine rings is 1. The number of fused-ring (bicyclic) bond motifs is 1. The number of nitrogens with zero attached hydrogens (tertiary/aromatic N) is 1. The molecule has 0 saturated carbocycles. The molecule has 4 nitrogen and oxygen atoms in total. The van der Waals surface area contributed by atoms with Gasteiger partial charge in [0.25, 0.3) is 0 Å². The van der Waals surface area contributed by atoms with Gasteiger partial charge in [-0.3, -0.25) is 4.98 Å². The van der Waals surface area contributed by atoms with Gasteiger partial charge in [0.2, 0.25) is 0 Å². The quantitative estimate of drug-likeness (QED) is 0.391. The van der Waals surface area contributed by atoms with E-state index in [4.69, 9.17) is 14.2 Å². The predicted octanol–water partition coefficient (Wildman–Crippen LogP) is 4.31. The Morgan fingerprint density at radius 3 is 2.38 bits per heavy atom. The van der Waals surface area contributed by atoms with Crippen molar-refractivity contribution in [1.82, 2.24) is 4.98 Å². The molecule has 1 heterocycles. The smallest absolute Gasteiger partial charge is 0.145 e. The second-order valence-electron chi connectivity index (χ2n) is 5.09. The normalized spacial score (nSPS) is 10.7. The second-order valence-corrected chi connectivity index (χ2v) is 6.34. The number of ether oxygens (including phenoxy) is 3. The summed E-state index contributed by atoms with van der Waals surface area (Å²) in [5.74, 6) is 1.64. The van der Waals surface area contributed by atoms with E-state index in [2.05, 4.69) is 27.6 Å². The summed E-state index contributed by atoms with van der Waals surface area (Å²) in [4.78, 5) is 4.36. The molecule has 3 aromatic rings. The van der Waals surface area contributed by atoms with Gasteiger partial charge >= 0.3 is 0 Å². The van der Waals surface area contributed by atoms with Crippen LogP contribution in [-0.4, -0.2) is 31.4 Å². The summed E-state index contributed by atoms with van der Waals surface area (Å²) in [6, 6.07) is 17.8. The third-order valence-corrected chi connectivity index (χ3v) is 4.11. The topological polar surface area (TPSA) is 40.6 Å². The number of para-hydroxylation sites is 1. The number of halogens is 1. The molecule has 0 aliphatic carbocycles. The van der Waals surface area contributed by atoms with Gasteiger partial charge in [-0.25, -0.2) is 0 Å². The first-order chi connectivity index (χ1) is 11.8. The Hall–Kier alpha value is -1.86. The van der Waals surface area contributed by atoms with Gasteiger partial charge in [-0.05, 0) is 59.0 Å². The number of hydrogen-bond acceptors (Lipinski definition) is 4. The molecule has 0 N–H and O–H groups in total. The zero-order chi connectivity index (χ0) is 16.6. The first-order valence-electron chi connectivity index (χ1n) is 7.75. The maximum Gasteiger partial charge on any atom is 0.145 e. The molecule has 0 bridgehead atoms. The highest BCUT2D eigenvalue weighted by molar-refractivity contribution is 14.1. The van der Waals surface area contributed by atoms with Crippen LogP contribution < -0.4 is 9.47 Å². The van der Waals surface area contributed by atoms with Crippen LogP contribution >= 0.6 is 22.6 Å². The molecular weight excluding hydrogens is 417 g/mol. The molecule has 2 aromatic carbocycles. The van der Waals surface area contributed by atoms with Crippen LogP contribution in [0.1, 0.15) is 0 Å². The van der Waals surface area contributed by atoms with Crippen molar-refractivity contribution in [3.8, 4) is 11.5 Å². The summed E-state index contributed by atoms with van der Waals surface area (Å²) in [6.07, 6.45) is 1.77. The molecule has 124 valence electrons. The predicted molar refractivity (Wildman–Crippen MR) is 103 cm³/mol. The van der Waals surface area contributed by atoms with Gasteiger partial charge in [0, 0.05) is 15.2 Å². The summed E-state index contributed by atoms with van der Waals surface area (Å²) < 4.78 is 18.1. The van der Waals surface area contributed by atoms with E-state index in [0.29, 0.717) is 26.4 Å². The van der Waals surface area contributed by atoms with E-state index in [0.717, 1.165) is 22.4 Å². The van der Waals surface area contributed by atoms with E-state index in [-0.39, 0.29) is 0 Å². The molecule has 0 unspecified atom stereocenters. The largest absolute Gasteiger partial charge is 0.491 e. The third kappa shape index (κ3) is 4.82. The van der Waals surface area contributed by atoms with E-state index in [1.54, 1.807) is 6.20 Å². The Labute approximate surface area is 154 Å². The van der Waals surface area contributed by atoms with Crippen molar-refractivity contribution < 1.29 is 14.2 Å². The molecule has 0 radical (unpaired) electrons. The molecule has 24 heavy (non-hydrogen) atoms. The highest BCUT2D eigenvalue weighted by atomic mass is 127. The van der Waals surface area contributed by atoms with Crippen LogP contribution in [0, 0.1) is 3.57 Å². The van der Waals surface area contributed by atoms with E-state index in [1.807, 2.05) is 54.6 Å². The van der Waals surface area contributed by atoms with Crippen LogP contribution in [0.25, 0.3) is 10.9 Å². The minimum absolute atomic E-state index is 0.485. The van der Waals surface area contributed by atoms with Crippen LogP contribution in [0.2, 0.25) is 0 Å². The van der Waals surface area contributed by atoms with Gasteiger partial charge in [0.1, 0.15) is 30.2 Å². The monoisotopic (exact) mass is 435 g/mol. The fourth-order valence-electron chi connectivity index (χ4n) is 2.25. The van der Waals surface area contributed by atoms with Gasteiger partial charge < -0.3 is 14.2 Å². The lowest BCUT2D eigenvalue weighted by Crippen LogP contribution is -2.12. The highest BCUT2D eigenvalue weighted by Gasteiger charge is 2.02. The third-order valence-electron chi connectivity index (χ3n) is 3.39. The number of benzene rings is 2. The van der Waals surface area contributed by atoms with Gasteiger partial charge in [0.15, 0.2) is 0 Å². The molecule has 5 heteroatoms. The van der Waals surface area contributed by atoms with Crippen LogP contribution in [0.3, 0.4) is 0 Å². The number of rotatable bonds is 8. The number of aromatic nitrogens is 1. The zero-order valence-electron chi connectivity index (χ0n) is 13.2. The van der Waals surface area contributed by atoms with Crippen LogP contribution in [0.4, 0.5) is 0 Å². The Kier molecular flexibility index (Phi) is 6.26. The minimum Gasteiger partial charge on any atom is -0.491 e. The van der Waals surface area contributed by atoms with Gasteiger partial charge in [-0.15, -0.1) is 0 Å². The molecular formula is C19H18INO3. The molecule has 0 aliphatic rings. The Balaban J connectivity index is 1.36. The van der Waals surface area contributed by atoms with E-state index in [1.165, 1.54) is 3.57 Å². The number of hydrogen-bond donors (Lipinski definition) is 0. The van der Waals surface area contributed by atoms with Crippen molar-refractivity contribution in [2.75, 3.05) is 26.4 Å². The molecule has 0 spiro atoms. The van der Waals surface area contributed by atoms with Crippen molar-refractivity contribution in [3.63, 3.8) is 0 Å². The molecule has 1 aromatic heterocycles. The SMILES string of the molecule is Ic1ccc(OCCOCCOc2cccc3cccnc23)cc1. The molecule has 0 saturated heterocycles. The summed E-state index contributed by atoms with van der Waals surface area (Å²) in [5, 5.41) is 1.07.